The molecule has 0 aliphatic carbocycles. The minimum atomic E-state index is -3.65. The third-order valence-electron chi connectivity index (χ3n) is 6.28. The number of esters is 1. The molecule has 1 aliphatic heterocycles. The van der Waals surface area contributed by atoms with Crippen LogP contribution in [0, 0.1) is 5.92 Å². The first kappa shape index (κ1) is 27.2. The third-order valence-corrected chi connectivity index (χ3v) is 10.3. The van der Waals surface area contributed by atoms with E-state index in [1.165, 1.54) is 52.4 Å². The molecule has 0 N–H and O–H groups in total. The van der Waals surface area contributed by atoms with Gasteiger partial charge in [-0.2, -0.15) is 9.30 Å². The van der Waals surface area contributed by atoms with Crippen molar-refractivity contribution in [1.82, 2.24) is 8.87 Å². The van der Waals surface area contributed by atoms with Crippen molar-refractivity contribution >= 4 is 53.3 Å². The lowest BCUT2D eigenvalue weighted by atomic mass is 10.0. The van der Waals surface area contributed by atoms with Crippen LogP contribution >= 0.6 is 11.3 Å². The Morgan fingerprint density at radius 3 is 2.24 bits per heavy atom. The molecule has 0 spiro atoms. The van der Waals surface area contributed by atoms with E-state index in [-0.39, 0.29) is 26.7 Å². The second-order valence-electron chi connectivity index (χ2n) is 8.98. The molecule has 10 nitrogen and oxygen atoms in total. The molecule has 1 aromatic heterocycles. The minimum Gasteiger partial charge on any atom is -0.468 e. The molecule has 1 amide bonds. The van der Waals surface area contributed by atoms with Gasteiger partial charge in [0.05, 0.1) is 27.1 Å². The van der Waals surface area contributed by atoms with Gasteiger partial charge >= 0.3 is 5.97 Å². The summed E-state index contributed by atoms with van der Waals surface area (Å²) in [4.78, 5) is 29.5. The molecular formula is C24H27N3O7S3. The average Bonchev–Trinajstić information content (AvgIpc) is 3.19. The monoisotopic (exact) mass is 565 g/mol. The number of hydrogen-bond donors (Lipinski definition) is 0. The Kier molecular flexibility index (Phi) is 7.70. The van der Waals surface area contributed by atoms with E-state index in [1.54, 1.807) is 6.07 Å². The van der Waals surface area contributed by atoms with Gasteiger partial charge in [0.1, 0.15) is 6.54 Å². The minimum absolute atomic E-state index is 0.101. The fraction of sp³-hybridized carbons (Fsp3) is 0.375. The number of thiazole rings is 1. The molecule has 3 aromatic rings. The Hall–Kier alpha value is -2.87. The number of carbonyl (C=O) groups is 2. The van der Waals surface area contributed by atoms with Gasteiger partial charge in [0.2, 0.25) is 10.0 Å². The van der Waals surface area contributed by atoms with Gasteiger partial charge < -0.3 is 9.30 Å². The maximum atomic E-state index is 13.0. The largest absolute Gasteiger partial charge is 0.468 e. The van der Waals surface area contributed by atoms with Gasteiger partial charge in [-0.25, -0.2) is 16.8 Å². The summed E-state index contributed by atoms with van der Waals surface area (Å²) in [5.74, 6) is -0.714. The fourth-order valence-corrected chi connectivity index (χ4v) is 7.27. The maximum Gasteiger partial charge on any atom is 0.325 e. The number of aromatic nitrogens is 1. The number of amides is 1. The lowest BCUT2D eigenvalue weighted by Crippen LogP contribution is -2.37. The molecule has 0 saturated carbocycles. The lowest BCUT2D eigenvalue weighted by Gasteiger charge is -2.29. The van der Waals surface area contributed by atoms with Crippen molar-refractivity contribution in [3.8, 4) is 0 Å². The second-order valence-corrected chi connectivity index (χ2v) is 13.9. The van der Waals surface area contributed by atoms with E-state index in [0.717, 1.165) is 30.4 Å². The number of benzene rings is 2. The molecule has 0 radical (unpaired) electrons. The maximum absolute atomic E-state index is 13.0. The molecule has 37 heavy (non-hydrogen) atoms. The van der Waals surface area contributed by atoms with Gasteiger partial charge in [0, 0.05) is 24.9 Å². The molecule has 0 bridgehead atoms. The molecule has 0 atom stereocenters. The predicted octanol–water partition coefficient (Wildman–Crippen LogP) is 2.44. The highest BCUT2D eigenvalue weighted by Crippen LogP contribution is 2.24. The van der Waals surface area contributed by atoms with Gasteiger partial charge in [-0.15, -0.1) is 0 Å². The predicted molar refractivity (Wildman–Crippen MR) is 138 cm³/mol. The van der Waals surface area contributed by atoms with Crippen molar-refractivity contribution < 1.29 is 31.2 Å². The Labute approximate surface area is 219 Å². The van der Waals surface area contributed by atoms with Crippen LogP contribution in [0.2, 0.25) is 0 Å². The number of nitrogens with zero attached hydrogens (tertiary/aromatic N) is 3. The number of rotatable bonds is 6. The molecule has 13 heteroatoms. The van der Waals surface area contributed by atoms with Crippen molar-refractivity contribution in [1.29, 1.82) is 0 Å². The van der Waals surface area contributed by atoms with E-state index in [1.807, 2.05) is 0 Å². The van der Waals surface area contributed by atoms with Crippen molar-refractivity contribution in [3.05, 3.63) is 52.8 Å². The van der Waals surface area contributed by atoms with Crippen molar-refractivity contribution in [3.63, 3.8) is 0 Å². The number of fused-ring (bicyclic) bond motifs is 1. The fourth-order valence-electron chi connectivity index (χ4n) is 4.01. The Morgan fingerprint density at radius 2 is 1.65 bits per heavy atom. The summed E-state index contributed by atoms with van der Waals surface area (Å²) in [6.07, 6.45) is 2.71. The van der Waals surface area contributed by atoms with Crippen LogP contribution in [0.5, 0.6) is 0 Å². The highest BCUT2D eigenvalue weighted by atomic mass is 32.2. The van der Waals surface area contributed by atoms with E-state index in [4.69, 9.17) is 4.74 Å². The normalized spacial score (nSPS) is 16.2. The lowest BCUT2D eigenvalue weighted by molar-refractivity contribution is -0.141. The van der Waals surface area contributed by atoms with Gasteiger partial charge in [-0.05, 0) is 61.2 Å². The van der Waals surface area contributed by atoms with Crippen LogP contribution in [0.25, 0.3) is 10.2 Å². The number of ether oxygens (including phenoxy) is 1. The molecule has 1 aliphatic rings. The summed E-state index contributed by atoms with van der Waals surface area (Å²) >= 11 is 1.06. The molecule has 1 fully saturated rings. The Morgan fingerprint density at radius 1 is 1.03 bits per heavy atom. The summed E-state index contributed by atoms with van der Waals surface area (Å²) in [6.45, 7) is 2.80. The zero-order chi connectivity index (χ0) is 27.0. The molecule has 2 heterocycles. The smallest absolute Gasteiger partial charge is 0.325 e. The number of methoxy groups -OCH3 is 1. The summed E-state index contributed by atoms with van der Waals surface area (Å²) in [6, 6.07) is 10.0. The van der Waals surface area contributed by atoms with Gasteiger partial charge in [0.25, 0.3) is 5.91 Å². The standard InChI is InChI=1S/C24H27N3O7S3/c1-16-10-12-26(13-11-16)37(32,33)18-6-4-17(5-7-18)23(29)25-24-27(15-22(28)34-2)20-9-8-19(36(3,30)31)14-21(20)35-24/h4-9,14,16H,10-13,15H2,1-3H3. The van der Waals surface area contributed by atoms with Crippen LogP contribution in [-0.4, -0.2) is 64.0 Å². The number of sulfone groups is 1. The summed E-state index contributed by atoms with van der Waals surface area (Å²) in [5, 5.41) is 0. The first-order chi connectivity index (χ1) is 17.4. The van der Waals surface area contributed by atoms with E-state index in [0.29, 0.717) is 29.2 Å². The first-order valence-electron chi connectivity index (χ1n) is 11.5. The average molecular weight is 566 g/mol. The summed E-state index contributed by atoms with van der Waals surface area (Å²) < 4.78 is 58.1. The summed E-state index contributed by atoms with van der Waals surface area (Å²) in [7, 11) is -5.88. The van der Waals surface area contributed by atoms with E-state index in [2.05, 4.69) is 11.9 Å². The van der Waals surface area contributed by atoms with Crippen molar-refractivity contribution in [2.75, 3.05) is 26.5 Å². The topological polar surface area (TPSA) is 132 Å². The van der Waals surface area contributed by atoms with Gasteiger partial charge in [-0.3, -0.25) is 9.59 Å². The highest BCUT2D eigenvalue weighted by Gasteiger charge is 2.28. The Balaban J connectivity index is 1.69. The number of carbonyl (C=O) groups excluding carboxylic acids is 2. The van der Waals surface area contributed by atoms with Gasteiger partial charge in [0.15, 0.2) is 14.6 Å². The van der Waals surface area contributed by atoms with E-state index < -0.39 is 31.7 Å². The van der Waals surface area contributed by atoms with Crippen LogP contribution < -0.4 is 4.80 Å². The quantitative estimate of drug-likeness (QED) is 0.419. The van der Waals surface area contributed by atoms with Crippen LogP contribution in [0.4, 0.5) is 0 Å². The first-order valence-corrected chi connectivity index (χ1v) is 15.6. The van der Waals surface area contributed by atoms with Gasteiger partial charge in [-0.1, -0.05) is 18.3 Å². The van der Waals surface area contributed by atoms with Crippen LogP contribution in [0.15, 0.2) is 57.2 Å². The second kappa shape index (κ2) is 10.5. The van der Waals surface area contributed by atoms with Crippen molar-refractivity contribution in [2.45, 2.75) is 36.1 Å². The molecular weight excluding hydrogens is 538 g/mol. The zero-order valence-electron chi connectivity index (χ0n) is 20.6. The molecule has 4 rings (SSSR count). The van der Waals surface area contributed by atoms with E-state index in [9.17, 15) is 26.4 Å². The zero-order valence-corrected chi connectivity index (χ0v) is 23.0. The third kappa shape index (κ3) is 5.84. The van der Waals surface area contributed by atoms with E-state index >= 15 is 0 Å². The number of piperidine rings is 1. The SMILES string of the molecule is COC(=O)Cn1c(=NC(=O)c2ccc(S(=O)(=O)N3CCC(C)CC3)cc2)sc2cc(S(C)(=O)=O)ccc21. The number of sulfonamides is 1. The highest BCUT2D eigenvalue weighted by molar-refractivity contribution is 7.90. The Bertz CT molecular complexity index is 1630. The molecule has 198 valence electrons. The van der Waals surface area contributed by atoms with Crippen LogP contribution in [0.1, 0.15) is 30.1 Å². The van der Waals surface area contributed by atoms with Crippen LogP contribution in [0.3, 0.4) is 0 Å². The van der Waals surface area contributed by atoms with Crippen LogP contribution in [-0.2, 0) is 35.9 Å². The molecule has 2 aromatic carbocycles. The molecule has 0 unspecified atom stereocenters. The summed E-state index contributed by atoms with van der Waals surface area (Å²) in [5.41, 5.74) is 0.691. The van der Waals surface area contributed by atoms with Crippen molar-refractivity contribution in [2.24, 2.45) is 10.9 Å². The number of hydrogen-bond acceptors (Lipinski definition) is 8. The molecule has 1 saturated heterocycles.